The molecule has 1 aromatic rings. The van der Waals surface area contributed by atoms with Gasteiger partial charge in [-0.1, -0.05) is 0 Å². The fourth-order valence-corrected chi connectivity index (χ4v) is 1.36. The lowest BCUT2D eigenvalue weighted by Crippen LogP contribution is -2.21. The highest BCUT2D eigenvalue weighted by Crippen LogP contribution is 2.21. The lowest BCUT2D eigenvalue weighted by atomic mass is 10.0. The number of carboxylic acids is 1. The summed E-state index contributed by atoms with van der Waals surface area (Å²) in [6, 6.07) is 0. The van der Waals surface area contributed by atoms with E-state index in [2.05, 4.69) is 4.98 Å². The Bertz CT molecular complexity index is 454. The topological polar surface area (TPSA) is 126 Å². The number of amidine groups is 1. The van der Waals surface area contributed by atoms with Crippen molar-refractivity contribution in [2.75, 3.05) is 5.73 Å². The zero-order valence-corrected chi connectivity index (χ0v) is 8.46. The second kappa shape index (κ2) is 3.56. The normalized spacial score (nSPS) is 10.0. The molecule has 0 saturated heterocycles. The third-order valence-corrected chi connectivity index (χ3v) is 2.20. The molecule has 0 spiro atoms. The van der Waals surface area contributed by atoms with Gasteiger partial charge in [-0.3, -0.25) is 5.41 Å². The lowest BCUT2D eigenvalue weighted by Gasteiger charge is -2.12. The van der Waals surface area contributed by atoms with Crippen molar-refractivity contribution in [1.29, 1.82) is 5.41 Å². The molecule has 1 aromatic heterocycles. The van der Waals surface area contributed by atoms with Gasteiger partial charge in [0.1, 0.15) is 11.7 Å². The maximum absolute atomic E-state index is 11.0. The van der Waals surface area contributed by atoms with Gasteiger partial charge in [-0.05, 0) is 19.4 Å². The molecule has 0 aliphatic carbocycles. The Morgan fingerprint density at radius 2 is 1.93 bits per heavy atom. The molecular formula is C9H12N4O2. The van der Waals surface area contributed by atoms with Gasteiger partial charge >= 0.3 is 5.97 Å². The van der Waals surface area contributed by atoms with E-state index in [0.29, 0.717) is 11.3 Å². The summed E-state index contributed by atoms with van der Waals surface area (Å²) in [6.07, 6.45) is 0. The molecule has 6 heteroatoms. The molecule has 0 aromatic carbocycles. The molecule has 0 saturated carbocycles. The third-order valence-electron chi connectivity index (χ3n) is 2.20. The van der Waals surface area contributed by atoms with Crippen LogP contribution >= 0.6 is 0 Å². The number of hydrogen-bond donors (Lipinski definition) is 4. The van der Waals surface area contributed by atoms with E-state index in [9.17, 15) is 4.79 Å². The average molecular weight is 208 g/mol. The molecule has 0 amide bonds. The van der Waals surface area contributed by atoms with Gasteiger partial charge in [0.15, 0.2) is 0 Å². The van der Waals surface area contributed by atoms with E-state index in [1.165, 1.54) is 0 Å². The summed E-state index contributed by atoms with van der Waals surface area (Å²) in [5, 5.41) is 16.3. The second-order valence-electron chi connectivity index (χ2n) is 3.18. The number of rotatable bonds is 2. The predicted molar refractivity (Wildman–Crippen MR) is 56.1 cm³/mol. The molecule has 15 heavy (non-hydrogen) atoms. The summed E-state index contributed by atoms with van der Waals surface area (Å²) in [7, 11) is 0. The maximum Gasteiger partial charge on any atom is 0.336 e. The van der Waals surface area contributed by atoms with Crippen LogP contribution in [0.15, 0.2) is 0 Å². The molecule has 80 valence electrons. The Hall–Kier alpha value is -2.11. The quantitative estimate of drug-likeness (QED) is 0.409. The number of anilines is 1. The Balaban J connectivity index is 3.69. The van der Waals surface area contributed by atoms with Gasteiger partial charge in [0.2, 0.25) is 0 Å². The van der Waals surface area contributed by atoms with E-state index in [4.69, 9.17) is 22.0 Å². The average Bonchev–Trinajstić information content (AvgIpc) is 2.09. The van der Waals surface area contributed by atoms with Crippen LogP contribution in [0.25, 0.3) is 0 Å². The van der Waals surface area contributed by atoms with Crippen molar-refractivity contribution in [3.05, 3.63) is 22.4 Å². The van der Waals surface area contributed by atoms with Crippen LogP contribution in [0.5, 0.6) is 0 Å². The molecule has 1 rings (SSSR count). The number of nitrogen functional groups attached to an aromatic ring is 2. The number of nitrogens with two attached hydrogens (primary N) is 2. The van der Waals surface area contributed by atoms with Gasteiger partial charge in [-0.2, -0.15) is 0 Å². The Morgan fingerprint density at radius 3 is 2.33 bits per heavy atom. The SMILES string of the molecule is Cc1nc(N)c(C(=N)N)c(C(=O)O)c1C. The number of carboxylic acid groups (broad SMARTS) is 1. The van der Waals surface area contributed by atoms with E-state index < -0.39 is 5.97 Å². The maximum atomic E-state index is 11.0. The van der Waals surface area contributed by atoms with Crippen LogP contribution < -0.4 is 11.5 Å². The second-order valence-corrected chi connectivity index (χ2v) is 3.18. The minimum absolute atomic E-state index is 0.00870. The van der Waals surface area contributed by atoms with Crippen molar-refractivity contribution >= 4 is 17.6 Å². The van der Waals surface area contributed by atoms with Crippen LogP contribution in [0.1, 0.15) is 27.2 Å². The van der Waals surface area contributed by atoms with E-state index in [-0.39, 0.29) is 22.8 Å². The summed E-state index contributed by atoms with van der Waals surface area (Å²) in [6.45, 7) is 3.26. The molecule has 0 aliphatic rings. The van der Waals surface area contributed by atoms with Crippen molar-refractivity contribution in [2.24, 2.45) is 5.73 Å². The minimum Gasteiger partial charge on any atom is -0.478 e. The lowest BCUT2D eigenvalue weighted by molar-refractivity contribution is 0.0695. The van der Waals surface area contributed by atoms with Crippen LogP contribution in [-0.2, 0) is 0 Å². The van der Waals surface area contributed by atoms with Crippen LogP contribution in [-0.4, -0.2) is 21.9 Å². The molecule has 0 fully saturated rings. The third kappa shape index (κ3) is 1.74. The zero-order valence-electron chi connectivity index (χ0n) is 8.46. The van der Waals surface area contributed by atoms with Crippen molar-refractivity contribution < 1.29 is 9.90 Å². The molecule has 0 atom stereocenters. The Kier molecular flexibility index (Phi) is 2.61. The van der Waals surface area contributed by atoms with E-state index >= 15 is 0 Å². The van der Waals surface area contributed by atoms with Crippen molar-refractivity contribution in [3.8, 4) is 0 Å². The summed E-state index contributed by atoms with van der Waals surface area (Å²) in [5.41, 5.74) is 11.7. The zero-order chi connectivity index (χ0) is 11.7. The number of carbonyl (C=O) groups is 1. The Morgan fingerprint density at radius 1 is 1.40 bits per heavy atom. The highest BCUT2D eigenvalue weighted by atomic mass is 16.4. The first kappa shape index (κ1) is 11.0. The fraction of sp³-hybridized carbons (Fsp3) is 0.222. The monoisotopic (exact) mass is 208 g/mol. The number of aromatic carboxylic acids is 1. The van der Waals surface area contributed by atoms with Crippen LogP contribution in [0.4, 0.5) is 5.82 Å². The largest absolute Gasteiger partial charge is 0.478 e. The highest BCUT2D eigenvalue weighted by Gasteiger charge is 2.20. The van der Waals surface area contributed by atoms with Crippen LogP contribution in [0.2, 0.25) is 0 Å². The predicted octanol–water partition coefficient (Wildman–Crippen LogP) is 0.263. The number of nitrogens with one attached hydrogen (secondary N) is 1. The number of hydrogen-bond acceptors (Lipinski definition) is 4. The first-order valence-corrected chi connectivity index (χ1v) is 4.20. The highest BCUT2D eigenvalue weighted by molar-refractivity contribution is 6.09. The molecule has 0 unspecified atom stereocenters. The van der Waals surface area contributed by atoms with Crippen LogP contribution in [0.3, 0.4) is 0 Å². The molecule has 6 N–H and O–H groups in total. The van der Waals surface area contributed by atoms with Gasteiger partial charge in [-0.25, -0.2) is 9.78 Å². The minimum atomic E-state index is -1.16. The number of pyridine rings is 1. The van der Waals surface area contributed by atoms with Crippen LogP contribution in [0, 0.1) is 19.3 Å². The van der Waals surface area contributed by atoms with Crippen molar-refractivity contribution in [2.45, 2.75) is 13.8 Å². The van der Waals surface area contributed by atoms with Gasteiger partial charge in [0.25, 0.3) is 0 Å². The number of aryl methyl sites for hydroxylation is 1. The summed E-state index contributed by atoms with van der Waals surface area (Å²) < 4.78 is 0. The van der Waals surface area contributed by atoms with E-state index in [1.54, 1.807) is 13.8 Å². The van der Waals surface area contributed by atoms with Crippen molar-refractivity contribution in [1.82, 2.24) is 4.98 Å². The standard InChI is InChI=1S/C9H12N4O2/c1-3-4(2)13-8(12)6(7(10)11)5(3)9(14)15/h1-2H3,(H3,10,11)(H2,12,13)(H,14,15). The first-order valence-electron chi connectivity index (χ1n) is 4.20. The summed E-state index contributed by atoms with van der Waals surface area (Å²) in [4.78, 5) is 14.9. The Labute approximate surface area is 86.4 Å². The summed E-state index contributed by atoms with van der Waals surface area (Å²) in [5.74, 6) is -1.57. The molecule has 0 bridgehead atoms. The fourth-order valence-electron chi connectivity index (χ4n) is 1.36. The molecule has 6 nitrogen and oxygen atoms in total. The summed E-state index contributed by atoms with van der Waals surface area (Å²) >= 11 is 0. The van der Waals surface area contributed by atoms with Crippen molar-refractivity contribution in [3.63, 3.8) is 0 Å². The van der Waals surface area contributed by atoms with Gasteiger partial charge in [-0.15, -0.1) is 0 Å². The van der Waals surface area contributed by atoms with Gasteiger partial charge in [0.05, 0.1) is 11.1 Å². The molecular weight excluding hydrogens is 196 g/mol. The van der Waals surface area contributed by atoms with E-state index in [0.717, 1.165) is 0 Å². The molecule has 0 radical (unpaired) electrons. The van der Waals surface area contributed by atoms with Gasteiger partial charge < -0.3 is 16.6 Å². The number of aromatic nitrogens is 1. The molecule has 1 heterocycles. The number of nitrogens with zero attached hydrogens (tertiary/aromatic N) is 1. The van der Waals surface area contributed by atoms with Gasteiger partial charge in [0, 0.05) is 5.69 Å². The van der Waals surface area contributed by atoms with E-state index in [1.807, 2.05) is 0 Å². The first-order chi connectivity index (χ1) is 6.86. The molecule has 0 aliphatic heterocycles. The smallest absolute Gasteiger partial charge is 0.336 e.